The molecule has 2 rings (SSSR count). The van der Waals surface area contributed by atoms with Crippen LogP contribution in [0.1, 0.15) is 10.4 Å². The summed E-state index contributed by atoms with van der Waals surface area (Å²) in [5, 5.41) is 10.7. The van der Waals surface area contributed by atoms with Gasteiger partial charge >= 0.3 is 5.97 Å². The Hall–Kier alpha value is -1.26. The summed E-state index contributed by atoms with van der Waals surface area (Å²) in [6.45, 7) is 0. The zero-order valence-electron chi connectivity index (χ0n) is 7.71. The number of benzene rings is 1. The highest BCUT2D eigenvalue weighted by molar-refractivity contribution is 8.01. The molecule has 0 bridgehead atoms. The minimum atomic E-state index is -0.866. The molecule has 76 valence electrons. The number of aromatic carboxylic acids is 1. The molecule has 0 aliphatic carbocycles. The Kier molecular flexibility index (Phi) is 3.08. The number of rotatable bonds is 3. The van der Waals surface area contributed by atoms with Crippen LogP contribution in [-0.2, 0) is 0 Å². The monoisotopic (exact) mass is 236 g/mol. The van der Waals surface area contributed by atoms with Crippen molar-refractivity contribution < 1.29 is 9.90 Å². The number of carbonyl (C=O) groups is 1. The first-order valence-corrected chi connectivity index (χ1v) is 6.00. The van der Waals surface area contributed by atoms with Gasteiger partial charge in [0.1, 0.15) is 0 Å². The first-order valence-electron chi connectivity index (χ1n) is 4.31. The molecule has 2 aromatic rings. The third-order valence-corrected chi connectivity index (χ3v) is 3.97. The van der Waals surface area contributed by atoms with Crippen molar-refractivity contribution in [3.05, 3.63) is 47.3 Å². The average Bonchev–Trinajstić information content (AvgIpc) is 2.67. The van der Waals surface area contributed by atoms with Crippen LogP contribution in [0.4, 0.5) is 0 Å². The molecular weight excluding hydrogens is 228 g/mol. The first-order chi connectivity index (χ1) is 7.27. The van der Waals surface area contributed by atoms with Gasteiger partial charge in [0, 0.05) is 4.90 Å². The second-order valence-corrected chi connectivity index (χ2v) is 5.10. The topological polar surface area (TPSA) is 37.3 Å². The molecule has 0 fully saturated rings. The van der Waals surface area contributed by atoms with E-state index in [1.807, 2.05) is 30.3 Å². The van der Waals surface area contributed by atoms with Gasteiger partial charge < -0.3 is 5.11 Å². The van der Waals surface area contributed by atoms with Crippen LogP contribution in [0.2, 0.25) is 0 Å². The molecule has 2 nitrogen and oxygen atoms in total. The molecule has 0 atom stereocenters. The van der Waals surface area contributed by atoms with Crippen LogP contribution in [0.3, 0.4) is 0 Å². The summed E-state index contributed by atoms with van der Waals surface area (Å²) in [5.41, 5.74) is 0.383. The van der Waals surface area contributed by atoms with Crippen molar-refractivity contribution in [3.63, 3.8) is 0 Å². The Morgan fingerprint density at radius 2 is 1.93 bits per heavy atom. The van der Waals surface area contributed by atoms with Gasteiger partial charge in [0.2, 0.25) is 0 Å². The molecule has 0 radical (unpaired) electrons. The van der Waals surface area contributed by atoms with Gasteiger partial charge in [-0.3, -0.25) is 0 Å². The normalized spacial score (nSPS) is 10.1. The highest BCUT2D eigenvalue weighted by Gasteiger charge is 2.11. The second kappa shape index (κ2) is 4.51. The number of thiophene rings is 1. The molecule has 0 saturated carbocycles. The lowest BCUT2D eigenvalue weighted by atomic mass is 10.3. The molecular formula is C11H8O2S2. The summed E-state index contributed by atoms with van der Waals surface area (Å²) in [5.74, 6) is -0.866. The van der Waals surface area contributed by atoms with Crippen LogP contribution in [0.25, 0.3) is 0 Å². The molecule has 0 amide bonds. The lowest BCUT2D eigenvalue weighted by molar-refractivity contribution is 0.0694. The van der Waals surface area contributed by atoms with Crippen LogP contribution in [-0.4, -0.2) is 11.1 Å². The molecule has 1 heterocycles. The summed E-state index contributed by atoms with van der Waals surface area (Å²) in [6.07, 6.45) is 0. The Morgan fingerprint density at radius 3 is 2.60 bits per heavy atom. The summed E-state index contributed by atoms with van der Waals surface area (Å²) in [7, 11) is 0. The standard InChI is InChI=1S/C11H8O2S2/c12-10(13)9-6-7-14-11(9)15-8-4-2-1-3-5-8/h1-7H,(H,12,13). The van der Waals surface area contributed by atoms with Gasteiger partial charge in [-0.25, -0.2) is 4.79 Å². The van der Waals surface area contributed by atoms with Crippen LogP contribution in [0.15, 0.2) is 50.9 Å². The van der Waals surface area contributed by atoms with E-state index in [4.69, 9.17) is 5.11 Å². The summed E-state index contributed by atoms with van der Waals surface area (Å²) in [6, 6.07) is 11.4. The van der Waals surface area contributed by atoms with Crippen molar-refractivity contribution in [2.45, 2.75) is 9.10 Å². The van der Waals surface area contributed by atoms with E-state index in [0.717, 1.165) is 9.10 Å². The number of carboxylic acids is 1. The van der Waals surface area contributed by atoms with Crippen molar-refractivity contribution in [1.29, 1.82) is 0 Å². The number of carboxylic acid groups (broad SMARTS) is 1. The van der Waals surface area contributed by atoms with Crippen LogP contribution < -0.4 is 0 Å². The maximum atomic E-state index is 10.9. The predicted octanol–water partition coefficient (Wildman–Crippen LogP) is 3.60. The fourth-order valence-corrected chi connectivity index (χ4v) is 3.16. The zero-order valence-corrected chi connectivity index (χ0v) is 9.35. The predicted molar refractivity (Wildman–Crippen MR) is 61.8 cm³/mol. The summed E-state index contributed by atoms with van der Waals surface area (Å²) in [4.78, 5) is 11.9. The highest BCUT2D eigenvalue weighted by atomic mass is 32.2. The maximum absolute atomic E-state index is 10.9. The molecule has 0 unspecified atom stereocenters. The van der Waals surface area contributed by atoms with Crippen molar-refractivity contribution >= 4 is 29.1 Å². The molecule has 1 aromatic heterocycles. The van der Waals surface area contributed by atoms with Gasteiger partial charge in [0.15, 0.2) is 0 Å². The van der Waals surface area contributed by atoms with Crippen molar-refractivity contribution in [1.82, 2.24) is 0 Å². The Morgan fingerprint density at radius 1 is 1.20 bits per heavy atom. The Bertz CT molecular complexity index is 462. The maximum Gasteiger partial charge on any atom is 0.337 e. The van der Waals surface area contributed by atoms with E-state index in [9.17, 15) is 4.79 Å². The summed E-state index contributed by atoms with van der Waals surface area (Å²) < 4.78 is 0.828. The third kappa shape index (κ3) is 2.40. The van der Waals surface area contributed by atoms with Crippen molar-refractivity contribution in [2.75, 3.05) is 0 Å². The number of hydrogen-bond acceptors (Lipinski definition) is 3. The third-order valence-electron chi connectivity index (χ3n) is 1.81. The van der Waals surface area contributed by atoms with E-state index >= 15 is 0 Å². The SMILES string of the molecule is O=C(O)c1ccsc1Sc1ccccc1. The smallest absolute Gasteiger partial charge is 0.337 e. The van der Waals surface area contributed by atoms with Crippen LogP contribution in [0.5, 0.6) is 0 Å². The molecule has 1 aromatic carbocycles. The molecule has 0 aliphatic rings. The largest absolute Gasteiger partial charge is 0.478 e. The van der Waals surface area contributed by atoms with Crippen LogP contribution in [0, 0.1) is 0 Å². The van der Waals surface area contributed by atoms with E-state index < -0.39 is 5.97 Å². The van der Waals surface area contributed by atoms with Gasteiger partial charge in [-0.2, -0.15) is 0 Å². The lowest BCUT2D eigenvalue weighted by Crippen LogP contribution is -1.94. The molecule has 0 saturated heterocycles. The van der Waals surface area contributed by atoms with E-state index in [0.29, 0.717) is 5.56 Å². The summed E-state index contributed by atoms with van der Waals surface area (Å²) >= 11 is 2.94. The van der Waals surface area contributed by atoms with Gasteiger partial charge in [-0.1, -0.05) is 30.0 Å². The fourth-order valence-electron chi connectivity index (χ4n) is 1.13. The van der Waals surface area contributed by atoms with E-state index in [1.54, 1.807) is 11.4 Å². The minimum absolute atomic E-state index is 0.383. The van der Waals surface area contributed by atoms with Gasteiger partial charge in [-0.05, 0) is 23.6 Å². The van der Waals surface area contributed by atoms with Gasteiger partial charge in [-0.15, -0.1) is 11.3 Å². The Balaban J connectivity index is 2.25. The van der Waals surface area contributed by atoms with E-state index in [-0.39, 0.29) is 0 Å². The van der Waals surface area contributed by atoms with Crippen molar-refractivity contribution in [3.8, 4) is 0 Å². The van der Waals surface area contributed by atoms with E-state index in [2.05, 4.69) is 0 Å². The Labute approximate surface area is 95.6 Å². The molecule has 4 heteroatoms. The average molecular weight is 236 g/mol. The van der Waals surface area contributed by atoms with Crippen LogP contribution >= 0.6 is 23.1 Å². The molecule has 0 aliphatic heterocycles. The highest BCUT2D eigenvalue weighted by Crippen LogP contribution is 2.34. The zero-order chi connectivity index (χ0) is 10.7. The lowest BCUT2D eigenvalue weighted by Gasteiger charge is -1.99. The molecule has 1 N–H and O–H groups in total. The fraction of sp³-hybridized carbons (Fsp3) is 0. The first kappa shape index (κ1) is 10.3. The number of hydrogen-bond donors (Lipinski definition) is 1. The minimum Gasteiger partial charge on any atom is -0.478 e. The van der Waals surface area contributed by atoms with Crippen molar-refractivity contribution in [2.24, 2.45) is 0 Å². The molecule has 0 spiro atoms. The quantitative estimate of drug-likeness (QED) is 0.884. The van der Waals surface area contributed by atoms with E-state index in [1.165, 1.54) is 23.1 Å². The second-order valence-electron chi connectivity index (χ2n) is 2.84. The molecule has 15 heavy (non-hydrogen) atoms. The van der Waals surface area contributed by atoms with Gasteiger partial charge in [0.25, 0.3) is 0 Å². The van der Waals surface area contributed by atoms with Gasteiger partial charge in [0.05, 0.1) is 9.77 Å².